The predicted molar refractivity (Wildman–Crippen MR) is 151 cm³/mol. The lowest BCUT2D eigenvalue weighted by Gasteiger charge is -2.42. The molecule has 1 amide bonds. The summed E-state index contributed by atoms with van der Waals surface area (Å²) < 4.78 is 69.3. The number of alkyl halides is 5. The van der Waals surface area contributed by atoms with Crippen molar-refractivity contribution in [3.05, 3.63) is 35.8 Å². The lowest BCUT2D eigenvalue weighted by molar-refractivity contribution is -0.149. The van der Waals surface area contributed by atoms with Gasteiger partial charge in [-0.25, -0.2) is 18.7 Å². The Morgan fingerprint density at radius 3 is 2.36 bits per heavy atom. The molecule has 9 nitrogen and oxygen atoms in total. The van der Waals surface area contributed by atoms with E-state index in [0.717, 1.165) is 11.6 Å². The summed E-state index contributed by atoms with van der Waals surface area (Å²) >= 11 is 0. The van der Waals surface area contributed by atoms with Gasteiger partial charge >= 0.3 is 6.18 Å². The SMILES string of the molecule is [B]C([B])([B])n1nc(-c2ccc(C3CC3C(F)(F)F)c3c(N4CCN(C(=O)C(C)(C#N)C(F)F)C(C)C4)ncnc23)cc1C#N. The second-order valence-electron chi connectivity index (χ2n) is 11.3. The highest BCUT2D eigenvalue weighted by Gasteiger charge is 2.57. The van der Waals surface area contributed by atoms with E-state index in [1.54, 1.807) is 17.9 Å². The fourth-order valence-corrected chi connectivity index (χ4v) is 5.67. The van der Waals surface area contributed by atoms with Crippen LogP contribution in [0.25, 0.3) is 22.2 Å². The fraction of sp³-hybridized carbons (Fsp3) is 0.481. The van der Waals surface area contributed by atoms with E-state index in [4.69, 9.17) is 23.5 Å². The second kappa shape index (κ2) is 10.8. The van der Waals surface area contributed by atoms with Crippen LogP contribution in [0.1, 0.15) is 37.4 Å². The monoisotopic (exact) mass is 602 g/mol. The molecule has 44 heavy (non-hydrogen) atoms. The molecule has 4 atom stereocenters. The van der Waals surface area contributed by atoms with Crippen LogP contribution in [0.3, 0.4) is 0 Å². The first-order valence-electron chi connectivity index (χ1n) is 13.5. The van der Waals surface area contributed by atoms with E-state index in [1.165, 1.54) is 29.4 Å². The molecule has 2 aromatic heterocycles. The van der Waals surface area contributed by atoms with Crippen molar-refractivity contribution in [3.8, 4) is 23.4 Å². The van der Waals surface area contributed by atoms with Gasteiger partial charge in [-0.2, -0.15) is 28.8 Å². The van der Waals surface area contributed by atoms with Gasteiger partial charge in [-0.3, -0.25) is 9.48 Å². The van der Waals surface area contributed by atoms with E-state index in [-0.39, 0.29) is 48.8 Å². The number of hydrogen-bond acceptors (Lipinski definition) is 7. The van der Waals surface area contributed by atoms with Crippen molar-refractivity contribution in [1.82, 2.24) is 24.6 Å². The lowest BCUT2D eigenvalue weighted by Crippen LogP contribution is -2.58. The van der Waals surface area contributed by atoms with Crippen LogP contribution >= 0.6 is 0 Å². The van der Waals surface area contributed by atoms with E-state index in [9.17, 15) is 37.3 Å². The van der Waals surface area contributed by atoms with Crippen LogP contribution < -0.4 is 4.90 Å². The molecule has 0 spiro atoms. The van der Waals surface area contributed by atoms with Crippen LogP contribution in [-0.4, -0.2) is 92.4 Å². The maximum absolute atomic E-state index is 13.7. The third-order valence-electron chi connectivity index (χ3n) is 8.18. The first-order chi connectivity index (χ1) is 20.5. The van der Waals surface area contributed by atoms with Gasteiger partial charge in [-0.15, -0.1) is 0 Å². The molecular weight excluding hydrogens is 580 g/mol. The maximum Gasteiger partial charge on any atom is 0.392 e. The first kappa shape index (κ1) is 31.3. The molecule has 220 valence electrons. The van der Waals surface area contributed by atoms with E-state index in [1.807, 2.05) is 6.07 Å². The minimum atomic E-state index is -4.42. The number of hydrogen-bond donors (Lipinski definition) is 0. The Morgan fingerprint density at radius 2 is 1.84 bits per heavy atom. The first-order valence-corrected chi connectivity index (χ1v) is 13.5. The predicted octanol–water partition coefficient (Wildman–Crippen LogP) is 2.94. The summed E-state index contributed by atoms with van der Waals surface area (Å²) in [4.78, 5) is 24.7. The highest BCUT2D eigenvalue weighted by Crippen LogP contribution is 2.58. The minimum Gasteiger partial charge on any atom is -0.352 e. The average molecular weight is 602 g/mol. The molecule has 0 bridgehead atoms. The molecule has 3 heterocycles. The van der Waals surface area contributed by atoms with Gasteiger partial charge < -0.3 is 9.80 Å². The van der Waals surface area contributed by atoms with E-state index in [0.29, 0.717) is 16.5 Å². The third kappa shape index (κ3) is 5.26. The number of carbonyl (C=O) groups excluding carboxylic acids is 1. The van der Waals surface area contributed by atoms with Crippen molar-refractivity contribution < 1.29 is 26.7 Å². The second-order valence-corrected chi connectivity index (χ2v) is 11.3. The normalized spacial score (nSPS) is 22.0. The van der Waals surface area contributed by atoms with Crippen molar-refractivity contribution in [2.24, 2.45) is 11.3 Å². The van der Waals surface area contributed by atoms with Gasteiger partial charge in [-0.1, -0.05) is 12.1 Å². The van der Waals surface area contributed by atoms with Crippen molar-refractivity contribution in [2.45, 2.75) is 50.1 Å². The van der Waals surface area contributed by atoms with Gasteiger partial charge in [0.25, 0.3) is 6.43 Å². The molecule has 17 heteroatoms. The molecule has 1 aromatic carbocycles. The lowest BCUT2D eigenvalue weighted by atomic mass is 9.49. The maximum atomic E-state index is 13.7. The zero-order valence-electron chi connectivity index (χ0n) is 23.6. The number of carbonyl (C=O) groups is 1. The molecule has 1 aliphatic carbocycles. The molecule has 0 N–H and O–H groups in total. The van der Waals surface area contributed by atoms with Crippen molar-refractivity contribution in [3.63, 3.8) is 0 Å². The number of benzene rings is 1. The van der Waals surface area contributed by atoms with Gasteiger partial charge in [0.15, 0.2) is 5.41 Å². The Morgan fingerprint density at radius 1 is 1.14 bits per heavy atom. The number of nitriles is 2. The van der Waals surface area contributed by atoms with Crippen molar-refractivity contribution in [1.29, 1.82) is 10.5 Å². The van der Waals surface area contributed by atoms with Crippen LogP contribution in [0.15, 0.2) is 24.5 Å². The number of amides is 1. The molecule has 4 unspecified atom stereocenters. The number of piperazine rings is 1. The Hall–Kier alpha value is -4.14. The van der Waals surface area contributed by atoms with Gasteiger partial charge in [-0.05, 0) is 37.0 Å². The molecule has 1 saturated carbocycles. The summed E-state index contributed by atoms with van der Waals surface area (Å²) in [5.74, 6) is -3.16. The summed E-state index contributed by atoms with van der Waals surface area (Å²) in [5, 5.41) is 21.5. The molecule has 2 aliphatic rings. The van der Waals surface area contributed by atoms with Gasteiger partial charge in [0.05, 0.1) is 46.7 Å². The Balaban J connectivity index is 1.60. The summed E-state index contributed by atoms with van der Waals surface area (Å²) in [6.45, 7) is 2.65. The Kier molecular flexibility index (Phi) is 7.67. The van der Waals surface area contributed by atoms with Crippen molar-refractivity contribution >= 4 is 46.2 Å². The Bertz CT molecular complexity index is 1710. The average Bonchev–Trinajstić information content (AvgIpc) is 3.66. The summed E-state index contributed by atoms with van der Waals surface area (Å²) in [6.07, 6.45) is -6.53. The molecular formula is C27H22B3F5N8O. The highest BCUT2D eigenvalue weighted by molar-refractivity contribution is 6.56. The topological polar surface area (TPSA) is 115 Å². The number of fused-ring (bicyclic) bond motifs is 1. The summed E-state index contributed by atoms with van der Waals surface area (Å²) in [5.41, 5.74) is -1.47. The van der Waals surface area contributed by atoms with E-state index in [2.05, 4.69) is 15.1 Å². The molecule has 1 aliphatic heterocycles. The fourth-order valence-electron chi connectivity index (χ4n) is 5.67. The quantitative estimate of drug-likeness (QED) is 0.315. The van der Waals surface area contributed by atoms with Crippen LogP contribution in [-0.2, 0) is 10.0 Å². The van der Waals surface area contributed by atoms with Crippen LogP contribution in [0.5, 0.6) is 0 Å². The molecule has 2 fully saturated rings. The summed E-state index contributed by atoms with van der Waals surface area (Å²) in [7, 11) is 17.3. The van der Waals surface area contributed by atoms with Crippen molar-refractivity contribution in [2.75, 3.05) is 24.5 Å². The number of anilines is 1. The highest BCUT2D eigenvalue weighted by atomic mass is 19.4. The number of aromatic nitrogens is 4. The Labute approximate surface area is 253 Å². The molecule has 1 saturated heterocycles. The van der Waals surface area contributed by atoms with Crippen LogP contribution in [0.4, 0.5) is 27.8 Å². The number of rotatable bonds is 6. The third-order valence-corrected chi connectivity index (χ3v) is 8.18. The largest absolute Gasteiger partial charge is 0.392 e. The van der Waals surface area contributed by atoms with Crippen LogP contribution in [0.2, 0.25) is 0 Å². The molecule has 6 radical (unpaired) electrons. The van der Waals surface area contributed by atoms with E-state index < -0.39 is 47.0 Å². The zero-order valence-corrected chi connectivity index (χ0v) is 23.6. The molecule has 5 rings (SSSR count). The summed E-state index contributed by atoms with van der Waals surface area (Å²) in [6, 6.07) is 7.13. The van der Waals surface area contributed by atoms with E-state index >= 15 is 0 Å². The smallest absolute Gasteiger partial charge is 0.352 e. The van der Waals surface area contributed by atoms with Gasteiger partial charge in [0.1, 0.15) is 23.9 Å². The number of nitrogens with zero attached hydrogens (tertiary/aromatic N) is 8. The van der Waals surface area contributed by atoms with Crippen LogP contribution in [0, 0.1) is 34.0 Å². The molecule has 3 aromatic rings. The number of halogens is 5. The minimum absolute atomic E-state index is 0.0410. The van der Waals surface area contributed by atoms with Gasteiger partial charge in [0, 0.05) is 42.7 Å². The standard InChI is InChI=1S/C27H22B3F5N8O/c1-13-10-41(5-6-42(13)24(44)25(2,11-37)23(31)32)22-20-15(17-8-18(17)26(33,34)35)3-4-16(21(20)38-12-39-22)19-7-14(9-36)43(40-19)27(28,29)30/h3-4,7,12-13,17-18,23H,5-6,8,10H2,1-2H3. The zero-order chi connectivity index (χ0) is 32.4. The van der Waals surface area contributed by atoms with Gasteiger partial charge in [0.2, 0.25) is 5.91 Å².